The second kappa shape index (κ2) is 6.71. The zero-order valence-electron chi connectivity index (χ0n) is 13.0. The molecule has 1 aliphatic heterocycles. The normalized spacial score (nSPS) is 13.2. The van der Waals surface area contributed by atoms with Crippen molar-refractivity contribution in [3.8, 4) is 11.4 Å². The number of non-ortho nitro benzene ring substituents is 1. The van der Waals surface area contributed by atoms with E-state index in [1.807, 2.05) is 0 Å². The summed E-state index contributed by atoms with van der Waals surface area (Å²) in [4.78, 5) is 10.4. The van der Waals surface area contributed by atoms with Crippen molar-refractivity contribution in [1.29, 1.82) is 0 Å². The molecule has 2 heterocycles. The van der Waals surface area contributed by atoms with Crippen LogP contribution >= 0.6 is 35.0 Å². The first kappa shape index (κ1) is 17.0. The minimum Gasteiger partial charge on any atom is -0.258 e. The van der Waals surface area contributed by atoms with Gasteiger partial charge in [0.05, 0.1) is 15.7 Å². The summed E-state index contributed by atoms with van der Waals surface area (Å²) in [6, 6.07) is 11.4. The summed E-state index contributed by atoms with van der Waals surface area (Å²) in [7, 11) is 0. The highest BCUT2D eigenvalue weighted by molar-refractivity contribution is 7.99. The van der Waals surface area contributed by atoms with Gasteiger partial charge in [-0.1, -0.05) is 35.0 Å². The molecule has 26 heavy (non-hydrogen) atoms. The molecule has 3 aromatic rings. The van der Waals surface area contributed by atoms with Crippen molar-refractivity contribution in [3.63, 3.8) is 0 Å². The van der Waals surface area contributed by atoms with E-state index in [4.69, 9.17) is 23.2 Å². The lowest BCUT2D eigenvalue weighted by atomic mass is 10.1. The molecule has 0 spiro atoms. The van der Waals surface area contributed by atoms with E-state index in [0.717, 1.165) is 11.3 Å². The molecule has 0 amide bonds. The second-order valence-corrected chi connectivity index (χ2v) is 7.17. The second-order valence-electron chi connectivity index (χ2n) is 5.38. The Labute approximate surface area is 161 Å². The van der Waals surface area contributed by atoms with Gasteiger partial charge in [-0.3, -0.25) is 10.1 Å². The number of nitro benzene ring substituents is 1. The highest BCUT2D eigenvalue weighted by Crippen LogP contribution is 2.33. The van der Waals surface area contributed by atoms with Crippen molar-refractivity contribution in [1.82, 2.24) is 14.9 Å². The van der Waals surface area contributed by atoms with Crippen LogP contribution in [0.3, 0.4) is 0 Å². The lowest BCUT2D eigenvalue weighted by molar-refractivity contribution is -0.384. The predicted molar refractivity (Wildman–Crippen MR) is 101 cm³/mol. The molecule has 0 aliphatic carbocycles. The number of nitrogens with zero attached hydrogens (tertiary/aromatic N) is 5. The molecule has 0 saturated carbocycles. The lowest BCUT2D eigenvalue weighted by Gasteiger charge is -2.14. The summed E-state index contributed by atoms with van der Waals surface area (Å²) in [5.74, 6) is 1.10. The van der Waals surface area contributed by atoms with Crippen LogP contribution in [0.25, 0.3) is 11.4 Å². The van der Waals surface area contributed by atoms with Gasteiger partial charge in [0, 0.05) is 28.5 Å². The first-order chi connectivity index (χ1) is 12.5. The van der Waals surface area contributed by atoms with Gasteiger partial charge in [0.25, 0.3) is 5.69 Å². The van der Waals surface area contributed by atoms with Crippen LogP contribution in [0.1, 0.15) is 5.56 Å². The number of aromatic nitrogens is 3. The Bertz CT molecular complexity index is 1050. The van der Waals surface area contributed by atoms with Gasteiger partial charge >= 0.3 is 0 Å². The molecule has 0 unspecified atom stereocenters. The SMILES string of the molecule is O=[N+]([O-])c1ccc(C2=Nn3c(nnc3-c3ccc(Cl)cc3Cl)SC2)cc1. The fraction of sp³-hybridized carbons (Fsp3) is 0.0625. The van der Waals surface area contributed by atoms with E-state index in [9.17, 15) is 10.1 Å². The van der Waals surface area contributed by atoms with E-state index in [2.05, 4.69) is 15.3 Å². The summed E-state index contributed by atoms with van der Waals surface area (Å²) < 4.78 is 1.63. The van der Waals surface area contributed by atoms with Crippen molar-refractivity contribution in [2.24, 2.45) is 5.10 Å². The number of nitro groups is 1. The van der Waals surface area contributed by atoms with Crippen molar-refractivity contribution >= 4 is 46.4 Å². The van der Waals surface area contributed by atoms with Crippen molar-refractivity contribution < 1.29 is 4.92 Å². The van der Waals surface area contributed by atoms with Gasteiger partial charge in [-0.25, -0.2) is 0 Å². The molecule has 1 aliphatic rings. The van der Waals surface area contributed by atoms with Crippen LogP contribution in [-0.4, -0.2) is 31.3 Å². The standard InChI is InChI=1S/C16H9Cl2N5O2S/c17-10-3-6-12(13(18)7-10)15-19-20-16-22(15)21-14(8-26-16)9-1-4-11(5-2-9)23(24)25/h1-7H,8H2. The Kier molecular flexibility index (Phi) is 4.39. The number of thioether (sulfide) groups is 1. The molecule has 0 N–H and O–H groups in total. The monoisotopic (exact) mass is 405 g/mol. The zero-order chi connectivity index (χ0) is 18.3. The van der Waals surface area contributed by atoms with Crippen LogP contribution in [0.15, 0.2) is 52.7 Å². The summed E-state index contributed by atoms with van der Waals surface area (Å²) in [5, 5.41) is 25.4. The predicted octanol–water partition coefficient (Wildman–Crippen LogP) is 4.52. The van der Waals surface area contributed by atoms with Crippen LogP contribution in [-0.2, 0) is 0 Å². The Morgan fingerprint density at radius 3 is 2.58 bits per heavy atom. The molecule has 7 nitrogen and oxygen atoms in total. The molecule has 0 saturated heterocycles. The largest absolute Gasteiger partial charge is 0.269 e. The van der Waals surface area contributed by atoms with Crippen molar-refractivity contribution in [2.45, 2.75) is 5.16 Å². The van der Waals surface area contributed by atoms with Crippen molar-refractivity contribution in [3.05, 3.63) is 68.2 Å². The third-order valence-corrected chi connectivity index (χ3v) is 5.23. The van der Waals surface area contributed by atoms with E-state index in [0.29, 0.717) is 32.3 Å². The minimum atomic E-state index is -0.431. The molecule has 4 rings (SSSR count). The summed E-state index contributed by atoms with van der Waals surface area (Å²) >= 11 is 13.7. The van der Waals surface area contributed by atoms with Crippen molar-refractivity contribution in [2.75, 3.05) is 5.75 Å². The van der Waals surface area contributed by atoms with Gasteiger partial charge in [-0.15, -0.1) is 10.2 Å². The molecule has 1 aromatic heterocycles. The zero-order valence-corrected chi connectivity index (χ0v) is 15.3. The van der Waals surface area contributed by atoms with Gasteiger partial charge in [0.1, 0.15) is 0 Å². The third kappa shape index (κ3) is 3.07. The first-order valence-corrected chi connectivity index (χ1v) is 9.13. The number of hydrogen-bond donors (Lipinski definition) is 0. The Morgan fingerprint density at radius 1 is 1.12 bits per heavy atom. The van der Waals surface area contributed by atoms with Crippen LogP contribution in [0.2, 0.25) is 10.0 Å². The number of hydrogen-bond acceptors (Lipinski definition) is 6. The fourth-order valence-corrected chi connectivity index (χ4v) is 3.81. The van der Waals surface area contributed by atoms with E-state index >= 15 is 0 Å². The Morgan fingerprint density at radius 2 is 1.88 bits per heavy atom. The maximum absolute atomic E-state index is 10.8. The van der Waals surface area contributed by atoms with Gasteiger partial charge in [0.2, 0.25) is 5.16 Å². The average Bonchev–Trinajstić information content (AvgIpc) is 3.05. The van der Waals surface area contributed by atoms with E-state index in [1.165, 1.54) is 23.9 Å². The molecular formula is C16H9Cl2N5O2S. The quantitative estimate of drug-likeness (QED) is 0.472. The van der Waals surface area contributed by atoms with Crippen LogP contribution in [0.5, 0.6) is 0 Å². The highest BCUT2D eigenvalue weighted by atomic mass is 35.5. The van der Waals surface area contributed by atoms with Crippen LogP contribution in [0.4, 0.5) is 5.69 Å². The summed E-state index contributed by atoms with van der Waals surface area (Å²) in [6.07, 6.45) is 0. The number of benzene rings is 2. The molecule has 0 atom stereocenters. The smallest absolute Gasteiger partial charge is 0.258 e. The van der Waals surface area contributed by atoms with Crippen LogP contribution in [0, 0.1) is 10.1 Å². The highest BCUT2D eigenvalue weighted by Gasteiger charge is 2.22. The maximum atomic E-state index is 10.8. The minimum absolute atomic E-state index is 0.0384. The molecule has 10 heteroatoms. The van der Waals surface area contributed by atoms with Gasteiger partial charge in [0.15, 0.2) is 5.82 Å². The van der Waals surface area contributed by atoms with Crippen LogP contribution < -0.4 is 0 Å². The van der Waals surface area contributed by atoms with E-state index in [1.54, 1.807) is 35.0 Å². The number of fused-ring (bicyclic) bond motifs is 1. The van der Waals surface area contributed by atoms with Gasteiger partial charge in [-0.05, 0) is 35.9 Å². The first-order valence-electron chi connectivity index (χ1n) is 7.39. The number of halogens is 2. The third-order valence-electron chi connectivity index (χ3n) is 3.75. The van der Waals surface area contributed by atoms with E-state index in [-0.39, 0.29) is 5.69 Å². The molecular weight excluding hydrogens is 397 g/mol. The van der Waals surface area contributed by atoms with E-state index < -0.39 is 4.92 Å². The Balaban J connectivity index is 1.76. The molecule has 0 radical (unpaired) electrons. The maximum Gasteiger partial charge on any atom is 0.269 e. The molecule has 2 aromatic carbocycles. The van der Waals surface area contributed by atoms with Gasteiger partial charge < -0.3 is 0 Å². The molecule has 130 valence electrons. The average molecular weight is 406 g/mol. The molecule has 0 fully saturated rings. The number of rotatable bonds is 3. The molecule has 0 bridgehead atoms. The summed E-state index contributed by atoms with van der Waals surface area (Å²) in [5.41, 5.74) is 2.28. The summed E-state index contributed by atoms with van der Waals surface area (Å²) in [6.45, 7) is 0. The topological polar surface area (TPSA) is 86.2 Å². The Hall–Kier alpha value is -2.42. The van der Waals surface area contributed by atoms with Gasteiger partial charge in [-0.2, -0.15) is 9.78 Å². The fourth-order valence-electron chi connectivity index (χ4n) is 2.48. The lowest BCUT2D eigenvalue weighted by Crippen LogP contribution is -2.13.